The van der Waals surface area contributed by atoms with Gasteiger partial charge in [0.25, 0.3) is 0 Å². The summed E-state index contributed by atoms with van der Waals surface area (Å²) in [6, 6.07) is 107. The van der Waals surface area contributed by atoms with Crippen LogP contribution in [0.15, 0.2) is 285 Å². The molecule has 12 rings (SSSR count). The molecule has 1 heterocycles. The summed E-state index contributed by atoms with van der Waals surface area (Å²) in [5, 5.41) is 16.0. The minimum Gasteiger partial charge on any atom is -0.309 e. The van der Waals surface area contributed by atoms with Crippen molar-refractivity contribution in [3.63, 3.8) is 0 Å². The standard InChI is InChI=1S/C64H47NSi2/c1-7-24-51(25-8-1)66(52-26-9-2-10-27-52,53-28-11-3-12-29-53)57-44-46-61-60(47-57)64-59-37-20-19-23-48(59)41-45-62(64)65(61)50-42-39-49(40-43-50)58-36-21-22-38-63(58)67(54-30-13-4-14-31-54,55-32-15-5-16-33-55)56-34-17-6-18-35-56/h1-47H. The van der Waals surface area contributed by atoms with Crippen molar-refractivity contribution in [2.45, 2.75) is 0 Å². The summed E-state index contributed by atoms with van der Waals surface area (Å²) in [6.07, 6.45) is 0. The molecule has 0 bridgehead atoms. The van der Waals surface area contributed by atoms with E-state index in [1.165, 1.54) is 85.2 Å². The Morgan fingerprint density at radius 2 is 0.687 bits per heavy atom. The molecule has 0 aliphatic carbocycles. The summed E-state index contributed by atoms with van der Waals surface area (Å²) in [7, 11) is -5.58. The molecular formula is C64H47NSi2. The number of hydrogen-bond donors (Lipinski definition) is 0. The van der Waals surface area contributed by atoms with Gasteiger partial charge in [-0.1, -0.05) is 261 Å². The van der Waals surface area contributed by atoms with Gasteiger partial charge in [-0.2, -0.15) is 0 Å². The number of fused-ring (bicyclic) bond motifs is 5. The van der Waals surface area contributed by atoms with Crippen LogP contribution in [0.5, 0.6) is 0 Å². The quantitative estimate of drug-likeness (QED) is 0.0953. The fourth-order valence-electron chi connectivity index (χ4n) is 11.2. The molecule has 0 fully saturated rings. The van der Waals surface area contributed by atoms with Crippen LogP contribution in [0.25, 0.3) is 49.4 Å². The molecule has 0 spiro atoms. The van der Waals surface area contributed by atoms with E-state index in [-0.39, 0.29) is 0 Å². The molecule has 0 saturated carbocycles. The van der Waals surface area contributed by atoms with Crippen LogP contribution in [0, 0.1) is 0 Å². The van der Waals surface area contributed by atoms with Gasteiger partial charge in [-0.15, -0.1) is 0 Å². The summed E-state index contributed by atoms with van der Waals surface area (Å²) < 4.78 is 2.49. The molecule has 0 unspecified atom stereocenters. The summed E-state index contributed by atoms with van der Waals surface area (Å²) in [5.74, 6) is 0. The number of rotatable bonds is 10. The van der Waals surface area contributed by atoms with E-state index >= 15 is 0 Å². The van der Waals surface area contributed by atoms with Gasteiger partial charge in [0, 0.05) is 16.5 Å². The monoisotopic (exact) mass is 885 g/mol. The molecule has 0 radical (unpaired) electrons. The molecule has 3 heteroatoms. The summed E-state index contributed by atoms with van der Waals surface area (Å²) in [4.78, 5) is 0. The minimum absolute atomic E-state index is 1.14. The van der Waals surface area contributed by atoms with Crippen molar-refractivity contribution in [3.05, 3.63) is 285 Å². The lowest BCUT2D eigenvalue weighted by Gasteiger charge is -2.36. The number of hydrogen-bond acceptors (Lipinski definition) is 0. The molecule has 0 aliphatic heterocycles. The number of nitrogens with zero attached hydrogens (tertiary/aromatic N) is 1. The molecule has 0 saturated heterocycles. The first-order valence-electron chi connectivity index (χ1n) is 23.3. The molecule has 0 N–H and O–H groups in total. The van der Waals surface area contributed by atoms with Gasteiger partial charge in [-0.05, 0) is 87.7 Å². The lowest BCUT2D eigenvalue weighted by Crippen LogP contribution is -2.75. The molecule has 0 atom stereocenters. The Bertz CT molecular complexity index is 3450. The maximum Gasteiger partial charge on any atom is 0.180 e. The van der Waals surface area contributed by atoms with E-state index in [2.05, 4.69) is 290 Å². The van der Waals surface area contributed by atoms with Gasteiger partial charge in [0.15, 0.2) is 16.1 Å². The fourth-order valence-corrected chi connectivity index (χ4v) is 21.0. The van der Waals surface area contributed by atoms with Crippen LogP contribution >= 0.6 is 0 Å². The Morgan fingerprint density at radius 3 is 1.19 bits per heavy atom. The molecule has 12 aromatic rings. The smallest absolute Gasteiger partial charge is 0.180 e. The Labute approximate surface area is 394 Å². The fraction of sp³-hybridized carbons (Fsp3) is 0. The first kappa shape index (κ1) is 40.4. The van der Waals surface area contributed by atoms with Crippen molar-refractivity contribution in [2.75, 3.05) is 0 Å². The second-order valence-corrected chi connectivity index (χ2v) is 25.1. The van der Waals surface area contributed by atoms with E-state index in [0.29, 0.717) is 0 Å². The van der Waals surface area contributed by atoms with Crippen molar-refractivity contribution in [2.24, 2.45) is 0 Å². The average molecular weight is 886 g/mol. The van der Waals surface area contributed by atoms with E-state index in [1.807, 2.05) is 0 Å². The molecule has 0 amide bonds. The van der Waals surface area contributed by atoms with Gasteiger partial charge < -0.3 is 4.57 Å². The van der Waals surface area contributed by atoms with Crippen LogP contribution in [0.3, 0.4) is 0 Å². The zero-order valence-electron chi connectivity index (χ0n) is 37.1. The van der Waals surface area contributed by atoms with E-state index < -0.39 is 16.1 Å². The lowest BCUT2D eigenvalue weighted by molar-refractivity contribution is 1.18. The van der Waals surface area contributed by atoms with Gasteiger partial charge >= 0.3 is 0 Å². The van der Waals surface area contributed by atoms with Gasteiger partial charge in [0.05, 0.1) is 11.0 Å². The molecular weight excluding hydrogens is 839 g/mol. The molecule has 0 aliphatic rings. The molecule has 316 valence electrons. The first-order valence-corrected chi connectivity index (χ1v) is 27.3. The highest BCUT2D eigenvalue weighted by Crippen LogP contribution is 2.37. The summed E-state index contributed by atoms with van der Waals surface area (Å²) in [6.45, 7) is 0. The van der Waals surface area contributed by atoms with Crippen LogP contribution in [0.1, 0.15) is 0 Å². The van der Waals surface area contributed by atoms with Crippen LogP contribution in [0.2, 0.25) is 0 Å². The highest BCUT2D eigenvalue weighted by atomic mass is 28.3. The molecule has 11 aromatic carbocycles. The maximum atomic E-state index is 2.55. The van der Waals surface area contributed by atoms with Crippen molar-refractivity contribution in [1.29, 1.82) is 0 Å². The van der Waals surface area contributed by atoms with Crippen molar-refractivity contribution in [3.8, 4) is 16.8 Å². The second kappa shape index (κ2) is 17.0. The number of benzene rings is 11. The predicted molar refractivity (Wildman–Crippen MR) is 291 cm³/mol. The molecule has 67 heavy (non-hydrogen) atoms. The van der Waals surface area contributed by atoms with Crippen molar-refractivity contribution >= 4 is 90.2 Å². The van der Waals surface area contributed by atoms with Gasteiger partial charge in [-0.3, -0.25) is 0 Å². The normalized spacial score (nSPS) is 11.9. The Balaban J connectivity index is 1.08. The third-order valence-corrected chi connectivity index (χ3v) is 23.7. The highest BCUT2D eigenvalue weighted by Gasteiger charge is 2.43. The summed E-state index contributed by atoms with van der Waals surface area (Å²) in [5.41, 5.74) is 6.01. The molecule has 1 nitrogen and oxygen atoms in total. The Kier molecular flexibility index (Phi) is 10.3. The minimum atomic E-state index is -2.79. The Morgan fingerprint density at radius 1 is 0.269 bits per heavy atom. The third-order valence-electron chi connectivity index (χ3n) is 14.1. The Hall–Kier alpha value is -8.09. The van der Waals surface area contributed by atoms with Gasteiger partial charge in [0.1, 0.15) is 0 Å². The van der Waals surface area contributed by atoms with E-state index in [9.17, 15) is 0 Å². The van der Waals surface area contributed by atoms with Crippen molar-refractivity contribution < 1.29 is 0 Å². The average Bonchev–Trinajstić information content (AvgIpc) is 3.75. The zero-order chi connectivity index (χ0) is 44.6. The lowest BCUT2D eigenvalue weighted by atomic mass is 10.0. The van der Waals surface area contributed by atoms with E-state index in [1.54, 1.807) is 0 Å². The predicted octanol–water partition coefficient (Wildman–Crippen LogP) is 10.4. The summed E-state index contributed by atoms with van der Waals surface area (Å²) >= 11 is 0. The first-order chi connectivity index (χ1) is 33.3. The van der Waals surface area contributed by atoms with E-state index in [0.717, 1.165) is 5.69 Å². The third kappa shape index (κ3) is 6.58. The van der Waals surface area contributed by atoms with E-state index in [4.69, 9.17) is 0 Å². The SMILES string of the molecule is c1ccc([Si](c2ccccc2)(c2ccccc2)c2ccc3c(c2)c2c4ccccc4ccc2n3-c2ccc(-c3ccccc3[Si](c3ccccc3)(c3ccccc3)c3ccccc3)cc2)cc1. The van der Waals surface area contributed by atoms with Crippen LogP contribution in [-0.2, 0) is 0 Å². The van der Waals surface area contributed by atoms with Gasteiger partial charge in [0.2, 0.25) is 0 Å². The molecule has 1 aromatic heterocycles. The maximum absolute atomic E-state index is 2.79. The number of aromatic nitrogens is 1. The zero-order valence-corrected chi connectivity index (χ0v) is 39.1. The largest absolute Gasteiger partial charge is 0.309 e. The van der Waals surface area contributed by atoms with Crippen molar-refractivity contribution in [1.82, 2.24) is 4.57 Å². The highest BCUT2D eigenvalue weighted by molar-refractivity contribution is 7.21. The second-order valence-electron chi connectivity index (χ2n) is 17.5. The van der Waals surface area contributed by atoms with Crippen LogP contribution < -0.4 is 41.5 Å². The van der Waals surface area contributed by atoms with Crippen LogP contribution in [-0.4, -0.2) is 20.7 Å². The van der Waals surface area contributed by atoms with Crippen LogP contribution in [0.4, 0.5) is 0 Å². The van der Waals surface area contributed by atoms with Gasteiger partial charge in [-0.25, -0.2) is 0 Å². The topological polar surface area (TPSA) is 4.93 Å².